The molecule has 0 bridgehead atoms. The number of hydrogen-bond donors (Lipinski definition) is 2. The van der Waals surface area contributed by atoms with Gasteiger partial charge in [0.05, 0.1) is 4.92 Å². The molecule has 0 radical (unpaired) electrons. The van der Waals surface area contributed by atoms with Gasteiger partial charge in [0.25, 0.3) is 0 Å². The molecule has 0 saturated heterocycles. The number of phenols is 1. The van der Waals surface area contributed by atoms with E-state index in [2.05, 4.69) is 15.9 Å². The summed E-state index contributed by atoms with van der Waals surface area (Å²) in [6, 6.07) is 2.47. The molecule has 1 unspecified atom stereocenters. The fourth-order valence-corrected chi connectivity index (χ4v) is 2.02. The van der Waals surface area contributed by atoms with Gasteiger partial charge in [0.15, 0.2) is 5.75 Å². The van der Waals surface area contributed by atoms with Crippen molar-refractivity contribution in [3.63, 3.8) is 0 Å². The van der Waals surface area contributed by atoms with E-state index in [1.807, 2.05) is 13.8 Å². The molecule has 1 aromatic rings. The summed E-state index contributed by atoms with van der Waals surface area (Å²) < 4.78 is 0.538. The van der Waals surface area contributed by atoms with Crippen LogP contribution in [0.4, 0.5) is 5.69 Å². The first-order valence-electron chi connectivity index (χ1n) is 5.30. The summed E-state index contributed by atoms with van der Waals surface area (Å²) in [4.78, 5) is 10.2. The highest BCUT2D eigenvalue weighted by Crippen LogP contribution is 2.38. The molecule has 18 heavy (non-hydrogen) atoms. The van der Waals surface area contributed by atoms with E-state index in [-0.39, 0.29) is 29.8 Å². The van der Waals surface area contributed by atoms with E-state index in [1.165, 1.54) is 6.07 Å². The Labute approximate surface area is 120 Å². The Morgan fingerprint density at radius 1 is 1.56 bits per heavy atom. The Bertz CT molecular complexity index is 443. The third-order valence-electron chi connectivity index (χ3n) is 2.90. The van der Waals surface area contributed by atoms with Gasteiger partial charge < -0.3 is 10.8 Å². The van der Waals surface area contributed by atoms with E-state index in [1.54, 1.807) is 6.07 Å². The number of halogens is 2. The van der Waals surface area contributed by atoms with Gasteiger partial charge >= 0.3 is 5.69 Å². The average Bonchev–Trinajstić information content (AvgIpc) is 2.29. The van der Waals surface area contributed by atoms with Gasteiger partial charge in [-0.25, -0.2) is 0 Å². The summed E-state index contributed by atoms with van der Waals surface area (Å²) in [5, 5.41) is 20.6. The Morgan fingerprint density at radius 3 is 2.56 bits per heavy atom. The number of nitrogens with two attached hydrogens (primary N) is 1. The van der Waals surface area contributed by atoms with E-state index in [9.17, 15) is 15.2 Å². The molecular weight excluding hydrogens is 323 g/mol. The number of hydrogen-bond acceptors (Lipinski definition) is 4. The molecule has 0 aliphatic carbocycles. The molecule has 0 aliphatic rings. The number of rotatable bonds is 4. The average molecular weight is 340 g/mol. The molecule has 1 rings (SSSR count). The second-order valence-electron chi connectivity index (χ2n) is 4.03. The Morgan fingerprint density at radius 2 is 2.11 bits per heavy atom. The summed E-state index contributed by atoms with van der Waals surface area (Å²) in [7, 11) is 0. The van der Waals surface area contributed by atoms with E-state index in [0.29, 0.717) is 10.0 Å². The number of phenolic OH excluding ortho intramolecular Hbond substituents is 1. The van der Waals surface area contributed by atoms with Crippen LogP contribution >= 0.6 is 28.3 Å². The predicted molar refractivity (Wildman–Crippen MR) is 76.1 cm³/mol. The highest BCUT2D eigenvalue weighted by atomic mass is 79.9. The van der Waals surface area contributed by atoms with Crippen molar-refractivity contribution >= 4 is 34.0 Å². The van der Waals surface area contributed by atoms with Gasteiger partial charge in [0.2, 0.25) is 0 Å². The zero-order valence-corrected chi connectivity index (χ0v) is 12.5. The van der Waals surface area contributed by atoms with E-state index < -0.39 is 11.0 Å². The maximum atomic E-state index is 10.8. The van der Waals surface area contributed by atoms with Crippen LogP contribution in [0.1, 0.15) is 31.9 Å². The van der Waals surface area contributed by atoms with Gasteiger partial charge in [-0.2, -0.15) is 0 Å². The fraction of sp³-hybridized carbons (Fsp3) is 0.455. The second-order valence-corrected chi connectivity index (χ2v) is 4.95. The van der Waals surface area contributed by atoms with Crippen molar-refractivity contribution < 1.29 is 10.0 Å². The number of nitro groups is 1. The molecule has 2 atom stereocenters. The Hall–Kier alpha value is -0.850. The molecule has 0 heterocycles. The van der Waals surface area contributed by atoms with Gasteiger partial charge in [-0.15, -0.1) is 12.4 Å². The molecule has 0 spiro atoms. The van der Waals surface area contributed by atoms with Gasteiger partial charge in [-0.1, -0.05) is 36.2 Å². The Balaban J connectivity index is 0.00000289. The fourth-order valence-electron chi connectivity index (χ4n) is 1.56. The van der Waals surface area contributed by atoms with Gasteiger partial charge in [0.1, 0.15) is 0 Å². The van der Waals surface area contributed by atoms with Gasteiger partial charge in [0, 0.05) is 22.1 Å². The molecule has 102 valence electrons. The highest BCUT2D eigenvalue weighted by Gasteiger charge is 2.24. The van der Waals surface area contributed by atoms with E-state index in [4.69, 9.17) is 5.73 Å². The topological polar surface area (TPSA) is 89.4 Å². The molecule has 0 saturated carbocycles. The minimum atomic E-state index is -0.618. The smallest absolute Gasteiger partial charge is 0.312 e. The standard InChI is InChI=1S/C11H15BrN2O3.ClH/c1-3-6(2)10(13)8-4-7(12)5-9(11(8)15)14(16)17;/h4-6,10,15H,3,13H2,1-2H3;1H/t6?,10-;/m0./s1. The van der Waals surface area contributed by atoms with Crippen LogP contribution in [0, 0.1) is 16.0 Å². The van der Waals surface area contributed by atoms with Crippen molar-refractivity contribution in [2.75, 3.05) is 0 Å². The van der Waals surface area contributed by atoms with E-state index >= 15 is 0 Å². The molecule has 5 nitrogen and oxygen atoms in total. The van der Waals surface area contributed by atoms with Gasteiger partial charge in [-0.3, -0.25) is 10.1 Å². The molecule has 0 fully saturated rings. The summed E-state index contributed by atoms with van der Waals surface area (Å²) in [6.45, 7) is 3.92. The molecule has 0 aliphatic heterocycles. The lowest BCUT2D eigenvalue weighted by Crippen LogP contribution is -2.19. The van der Waals surface area contributed by atoms with Crippen LogP contribution in [-0.2, 0) is 0 Å². The van der Waals surface area contributed by atoms with Crippen LogP contribution in [0.5, 0.6) is 5.75 Å². The van der Waals surface area contributed by atoms with Crippen molar-refractivity contribution in [2.24, 2.45) is 11.7 Å². The monoisotopic (exact) mass is 338 g/mol. The molecule has 0 amide bonds. The third kappa shape index (κ3) is 3.57. The maximum absolute atomic E-state index is 10.8. The summed E-state index contributed by atoms with van der Waals surface area (Å²) in [5.74, 6) is -0.208. The number of nitro benzene ring substituents is 1. The minimum Gasteiger partial charge on any atom is -0.502 e. The van der Waals surface area contributed by atoms with Crippen LogP contribution in [0.3, 0.4) is 0 Å². The minimum absolute atomic E-state index is 0. The molecule has 7 heteroatoms. The maximum Gasteiger partial charge on any atom is 0.312 e. The van der Waals surface area contributed by atoms with Crippen LogP contribution in [0.15, 0.2) is 16.6 Å². The van der Waals surface area contributed by atoms with Crippen LogP contribution in [0.25, 0.3) is 0 Å². The Kier molecular flexibility index (Phi) is 6.59. The lowest BCUT2D eigenvalue weighted by Gasteiger charge is -2.19. The van der Waals surface area contributed by atoms with Crippen LogP contribution < -0.4 is 5.73 Å². The molecule has 1 aromatic carbocycles. The van der Waals surface area contributed by atoms with Gasteiger partial charge in [-0.05, 0) is 12.0 Å². The first kappa shape index (κ1) is 17.2. The van der Waals surface area contributed by atoms with Crippen molar-refractivity contribution in [1.82, 2.24) is 0 Å². The summed E-state index contributed by atoms with van der Waals surface area (Å²) >= 11 is 3.18. The normalized spacial score (nSPS) is 13.6. The van der Waals surface area contributed by atoms with Crippen molar-refractivity contribution in [3.05, 3.63) is 32.3 Å². The molecule has 3 N–H and O–H groups in total. The van der Waals surface area contributed by atoms with Crippen molar-refractivity contribution in [1.29, 1.82) is 0 Å². The van der Waals surface area contributed by atoms with Crippen molar-refractivity contribution in [2.45, 2.75) is 26.3 Å². The van der Waals surface area contributed by atoms with E-state index in [0.717, 1.165) is 6.42 Å². The van der Waals surface area contributed by atoms with Crippen molar-refractivity contribution in [3.8, 4) is 5.75 Å². The summed E-state index contributed by atoms with van der Waals surface area (Å²) in [6.07, 6.45) is 0.834. The first-order valence-corrected chi connectivity index (χ1v) is 6.10. The SMILES string of the molecule is CCC(C)[C@H](N)c1cc(Br)cc([N+](=O)[O-])c1O.Cl. The molecular formula is C11H16BrClN2O3. The lowest BCUT2D eigenvalue weighted by atomic mass is 9.92. The lowest BCUT2D eigenvalue weighted by molar-refractivity contribution is -0.386. The first-order chi connectivity index (χ1) is 7.88. The third-order valence-corrected chi connectivity index (χ3v) is 3.35. The number of nitrogens with zero attached hydrogens (tertiary/aromatic N) is 1. The number of benzene rings is 1. The van der Waals surface area contributed by atoms with Crippen LogP contribution in [0.2, 0.25) is 0 Å². The quantitative estimate of drug-likeness (QED) is 0.648. The zero-order valence-electron chi connectivity index (χ0n) is 10.1. The van der Waals surface area contributed by atoms with Crippen LogP contribution in [-0.4, -0.2) is 10.0 Å². The predicted octanol–water partition coefficient (Wildman–Crippen LogP) is 3.53. The number of aromatic hydroxyl groups is 1. The zero-order chi connectivity index (χ0) is 13.2. The largest absolute Gasteiger partial charge is 0.502 e. The highest BCUT2D eigenvalue weighted by molar-refractivity contribution is 9.10. The second kappa shape index (κ2) is 6.92. The summed E-state index contributed by atoms with van der Waals surface area (Å²) in [5.41, 5.74) is 6.06. The molecule has 0 aromatic heterocycles.